The van der Waals surface area contributed by atoms with Gasteiger partial charge in [0, 0.05) is 0 Å². The molecule has 0 aliphatic heterocycles. The third-order valence-electron chi connectivity index (χ3n) is 3.60. The Bertz CT molecular complexity index is 459. The molecule has 0 aromatic heterocycles. The summed E-state index contributed by atoms with van der Waals surface area (Å²) < 4.78 is 0. The molecule has 0 saturated heterocycles. The summed E-state index contributed by atoms with van der Waals surface area (Å²) in [6.07, 6.45) is 7.69. The molecule has 0 fully saturated rings. The van der Waals surface area contributed by atoms with E-state index in [0.717, 1.165) is 6.42 Å². The van der Waals surface area contributed by atoms with Crippen molar-refractivity contribution in [2.45, 2.75) is 34.1 Å². The van der Waals surface area contributed by atoms with Crippen LogP contribution in [0.2, 0.25) is 0 Å². The van der Waals surface area contributed by atoms with Crippen molar-refractivity contribution in [1.82, 2.24) is 0 Å². The Hall–Kier alpha value is -1.30. The molecule has 1 aliphatic rings. The van der Waals surface area contributed by atoms with E-state index in [4.69, 9.17) is 0 Å². The van der Waals surface area contributed by atoms with E-state index in [1.54, 1.807) is 0 Å². The molecule has 0 nitrogen and oxygen atoms in total. The summed E-state index contributed by atoms with van der Waals surface area (Å²) in [7, 11) is 0. The van der Waals surface area contributed by atoms with Gasteiger partial charge < -0.3 is 0 Å². The molecule has 0 unspecified atom stereocenters. The van der Waals surface area contributed by atoms with Gasteiger partial charge in [-0.05, 0) is 67.5 Å². The molecule has 0 heteroatoms. The van der Waals surface area contributed by atoms with E-state index in [0.29, 0.717) is 0 Å². The number of hydrogen-bond donors (Lipinski definition) is 0. The van der Waals surface area contributed by atoms with Crippen molar-refractivity contribution in [3.8, 4) is 0 Å². The number of benzene rings is 1. The number of aryl methyl sites for hydroxylation is 1. The lowest BCUT2D eigenvalue weighted by Gasteiger charge is -2.15. The lowest BCUT2D eigenvalue weighted by Crippen LogP contribution is -1.96. The zero-order chi connectivity index (χ0) is 11.0. The topological polar surface area (TPSA) is 0 Å². The fourth-order valence-corrected chi connectivity index (χ4v) is 2.19. The van der Waals surface area contributed by atoms with E-state index in [-0.39, 0.29) is 0 Å². The Kier molecular flexibility index (Phi) is 2.52. The lowest BCUT2D eigenvalue weighted by molar-refractivity contribution is 1.19. The van der Waals surface area contributed by atoms with Gasteiger partial charge in [0.15, 0.2) is 0 Å². The smallest absolute Gasteiger partial charge is 0.00883 e. The minimum atomic E-state index is 1.09. The molecule has 0 radical (unpaired) electrons. The molecule has 0 N–H and O–H groups in total. The van der Waals surface area contributed by atoms with Crippen LogP contribution in [0.1, 0.15) is 34.2 Å². The van der Waals surface area contributed by atoms with Gasteiger partial charge >= 0.3 is 0 Å². The van der Waals surface area contributed by atoms with Crippen molar-refractivity contribution in [2.75, 3.05) is 0 Å². The maximum atomic E-state index is 2.33. The zero-order valence-electron chi connectivity index (χ0n) is 10.0. The summed E-state index contributed by atoms with van der Waals surface area (Å²) in [6, 6.07) is 2.33. The molecule has 0 bridgehead atoms. The largest absolute Gasteiger partial charge is 0.0801 e. The zero-order valence-corrected chi connectivity index (χ0v) is 10.0. The standard InChI is InChI=1S/C15H18/c1-10-9-15(14-7-5-6-8-14)13(4)12(3)11(10)2/h5-7,9H,8H2,1-4H3. The first kappa shape index (κ1) is 10.2. The van der Waals surface area contributed by atoms with Crippen LogP contribution in [0.25, 0.3) is 5.57 Å². The predicted molar refractivity (Wildman–Crippen MR) is 67.1 cm³/mol. The molecule has 1 aliphatic carbocycles. The number of hydrogen-bond acceptors (Lipinski definition) is 0. The minimum Gasteiger partial charge on any atom is -0.0801 e. The van der Waals surface area contributed by atoms with Crippen LogP contribution in [0, 0.1) is 27.7 Å². The molecule has 78 valence electrons. The van der Waals surface area contributed by atoms with Gasteiger partial charge in [-0.1, -0.05) is 24.3 Å². The minimum absolute atomic E-state index is 1.09. The Morgan fingerprint density at radius 1 is 0.933 bits per heavy atom. The van der Waals surface area contributed by atoms with E-state index in [1.807, 2.05) is 0 Å². The summed E-state index contributed by atoms with van der Waals surface area (Å²) in [5.41, 5.74) is 8.61. The van der Waals surface area contributed by atoms with Crippen LogP contribution < -0.4 is 0 Å². The van der Waals surface area contributed by atoms with Crippen molar-refractivity contribution in [1.29, 1.82) is 0 Å². The van der Waals surface area contributed by atoms with Crippen molar-refractivity contribution >= 4 is 5.57 Å². The average molecular weight is 198 g/mol. The van der Waals surface area contributed by atoms with Gasteiger partial charge in [0.2, 0.25) is 0 Å². The van der Waals surface area contributed by atoms with Crippen molar-refractivity contribution in [3.05, 3.63) is 52.1 Å². The monoisotopic (exact) mass is 198 g/mol. The number of rotatable bonds is 1. The van der Waals surface area contributed by atoms with E-state index in [1.165, 1.54) is 33.4 Å². The molecule has 0 amide bonds. The molecular weight excluding hydrogens is 180 g/mol. The number of allylic oxidation sites excluding steroid dienone is 4. The van der Waals surface area contributed by atoms with E-state index >= 15 is 0 Å². The first-order valence-corrected chi connectivity index (χ1v) is 5.54. The maximum absolute atomic E-state index is 2.33. The van der Waals surface area contributed by atoms with Gasteiger partial charge in [-0.25, -0.2) is 0 Å². The van der Waals surface area contributed by atoms with Crippen molar-refractivity contribution in [2.24, 2.45) is 0 Å². The molecule has 15 heavy (non-hydrogen) atoms. The molecule has 1 aromatic rings. The van der Waals surface area contributed by atoms with Crippen LogP contribution in [-0.2, 0) is 0 Å². The third-order valence-corrected chi connectivity index (χ3v) is 3.60. The van der Waals surface area contributed by atoms with Gasteiger partial charge in [-0.2, -0.15) is 0 Å². The van der Waals surface area contributed by atoms with Crippen molar-refractivity contribution in [3.63, 3.8) is 0 Å². The van der Waals surface area contributed by atoms with Gasteiger partial charge in [0.25, 0.3) is 0 Å². The summed E-state index contributed by atoms with van der Waals surface area (Å²) in [6.45, 7) is 8.87. The predicted octanol–water partition coefficient (Wildman–Crippen LogP) is 4.26. The van der Waals surface area contributed by atoms with Gasteiger partial charge in [-0.15, -0.1) is 0 Å². The summed E-state index contributed by atoms with van der Waals surface area (Å²) >= 11 is 0. The van der Waals surface area contributed by atoms with Crippen LogP contribution >= 0.6 is 0 Å². The van der Waals surface area contributed by atoms with Crippen molar-refractivity contribution < 1.29 is 0 Å². The molecule has 0 saturated carbocycles. The Morgan fingerprint density at radius 3 is 2.27 bits per heavy atom. The van der Waals surface area contributed by atoms with Gasteiger partial charge in [-0.3, -0.25) is 0 Å². The van der Waals surface area contributed by atoms with Gasteiger partial charge in [0.1, 0.15) is 0 Å². The second-order valence-electron chi connectivity index (χ2n) is 4.44. The fourth-order valence-electron chi connectivity index (χ4n) is 2.19. The highest BCUT2D eigenvalue weighted by atomic mass is 14.2. The maximum Gasteiger partial charge on any atom is -0.00883 e. The Morgan fingerprint density at radius 2 is 1.67 bits per heavy atom. The highest BCUT2D eigenvalue weighted by Gasteiger charge is 2.11. The molecule has 0 spiro atoms. The van der Waals surface area contributed by atoms with Crippen LogP contribution in [0.15, 0.2) is 24.3 Å². The van der Waals surface area contributed by atoms with E-state index in [9.17, 15) is 0 Å². The quantitative estimate of drug-likeness (QED) is 0.632. The molecule has 0 atom stereocenters. The third kappa shape index (κ3) is 1.65. The average Bonchev–Trinajstić information content (AvgIpc) is 2.73. The highest BCUT2D eigenvalue weighted by molar-refractivity contribution is 5.74. The van der Waals surface area contributed by atoms with Crippen LogP contribution in [0.4, 0.5) is 0 Å². The molecular formula is C15H18. The second-order valence-corrected chi connectivity index (χ2v) is 4.44. The van der Waals surface area contributed by atoms with Crippen LogP contribution in [0.5, 0.6) is 0 Å². The molecule has 2 rings (SSSR count). The SMILES string of the molecule is Cc1cc(C2=CC=CC2)c(C)c(C)c1C. The molecule has 1 aromatic carbocycles. The van der Waals surface area contributed by atoms with Gasteiger partial charge in [0.05, 0.1) is 0 Å². The Labute approximate surface area is 92.3 Å². The summed E-state index contributed by atoms with van der Waals surface area (Å²) in [5, 5.41) is 0. The summed E-state index contributed by atoms with van der Waals surface area (Å²) in [5.74, 6) is 0. The van der Waals surface area contributed by atoms with E-state index < -0.39 is 0 Å². The lowest BCUT2D eigenvalue weighted by atomic mass is 9.90. The second kappa shape index (κ2) is 3.69. The normalized spacial score (nSPS) is 14.5. The highest BCUT2D eigenvalue weighted by Crippen LogP contribution is 2.30. The van der Waals surface area contributed by atoms with E-state index in [2.05, 4.69) is 52.0 Å². The first-order valence-electron chi connectivity index (χ1n) is 5.54. The van der Waals surface area contributed by atoms with Crippen LogP contribution in [0.3, 0.4) is 0 Å². The summed E-state index contributed by atoms with van der Waals surface area (Å²) in [4.78, 5) is 0. The molecule has 0 heterocycles. The van der Waals surface area contributed by atoms with Crippen LogP contribution in [-0.4, -0.2) is 0 Å². The fraction of sp³-hybridized carbons (Fsp3) is 0.333. The Balaban J connectivity index is 2.58. The first-order chi connectivity index (χ1) is 7.11.